The number of anilines is 1. The number of ether oxygens (including phenoxy) is 1. The van der Waals surface area contributed by atoms with Gasteiger partial charge in [-0.3, -0.25) is 0 Å². The molecule has 0 spiro atoms. The number of aryl methyl sites for hydroxylation is 1. The Morgan fingerprint density at radius 1 is 1.59 bits per heavy atom. The van der Waals surface area contributed by atoms with E-state index >= 15 is 0 Å². The summed E-state index contributed by atoms with van der Waals surface area (Å²) in [6.07, 6.45) is 5.72. The molecule has 1 aliphatic rings. The second kappa shape index (κ2) is 4.79. The molecule has 17 heavy (non-hydrogen) atoms. The first kappa shape index (κ1) is 12.0. The molecule has 1 aromatic rings. The summed E-state index contributed by atoms with van der Waals surface area (Å²) in [5.41, 5.74) is 6.81. The molecule has 94 valence electrons. The lowest BCUT2D eigenvalue weighted by Crippen LogP contribution is -2.44. The van der Waals surface area contributed by atoms with Crippen molar-refractivity contribution in [1.82, 2.24) is 4.57 Å². The van der Waals surface area contributed by atoms with Crippen LogP contribution in [0.3, 0.4) is 0 Å². The molecule has 0 saturated carbocycles. The summed E-state index contributed by atoms with van der Waals surface area (Å²) in [6.45, 7) is 0.558. The van der Waals surface area contributed by atoms with E-state index in [1.807, 2.05) is 30.1 Å². The molecule has 0 aromatic carbocycles. The molecule has 0 amide bonds. The highest BCUT2D eigenvalue weighted by Gasteiger charge is 2.38. The van der Waals surface area contributed by atoms with Gasteiger partial charge in [0.05, 0.1) is 12.8 Å². The smallest absolute Gasteiger partial charge is 0.328 e. The number of nitrogens with two attached hydrogens (primary N) is 1. The van der Waals surface area contributed by atoms with E-state index < -0.39 is 0 Å². The number of esters is 1. The number of hydrogen-bond acceptors (Lipinski definition) is 4. The maximum atomic E-state index is 11.8. The summed E-state index contributed by atoms with van der Waals surface area (Å²) in [6, 6.07) is 2.03. The number of aromatic nitrogens is 1. The largest absolute Gasteiger partial charge is 0.467 e. The summed E-state index contributed by atoms with van der Waals surface area (Å²) in [5, 5.41) is 0. The Morgan fingerprint density at radius 2 is 2.35 bits per heavy atom. The van der Waals surface area contributed by atoms with Gasteiger partial charge in [-0.25, -0.2) is 4.79 Å². The normalized spacial score (nSPS) is 24.1. The Morgan fingerprint density at radius 3 is 2.88 bits per heavy atom. The Kier molecular flexibility index (Phi) is 3.38. The highest BCUT2D eigenvalue weighted by atomic mass is 16.5. The third-order valence-electron chi connectivity index (χ3n) is 3.36. The Labute approximate surface area is 101 Å². The van der Waals surface area contributed by atoms with Gasteiger partial charge in [-0.15, -0.1) is 0 Å². The van der Waals surface area contributed by atoms with Gasteiger partial charge in [0.15, 0.2) is 0 Å². The minimum absolute atomic E-state index is 0.176. The van der Waals surface area contributed by atoms with Crippen molar-refractivity contribution in [2.24, 2.45) is 12.8 Å². The molecule has 0 bridgehead atoms. The summed E-state index contributed by atoms with van der Waals surface area (Å²) in [5.74, 6) is -0.176. The lowest BCUT2D eigenvalue weighted by atomic mass is 10.2. The van der Waals surface area contributed by atoms with Crippen molar-refractivity contribution in [3.63, 3.8) is 0 Å². The van der Waals surface area contributed by atoms with Crippen molar-refractivity contribution < 1.29 is 9.53 Å². The van der Waals surface area contributed by atoms with E-state index in [0.717, 1.165) is 18.5 Å². The molecule has 2 rings (SSSR count). The first-order valence-corrected chi connectivity index (χ1v) is 5.85. The first-order chi connectivity index (χ1) is 8.17. The minimum Gasteiger partial charge on any atom is -0.467 e. The molecule has 2 heterocycles. The number of carbonyl (C=O) groups is 1. The van der Waals surface area contributed by atoms with Crippen LogP contribution in [0, 0.1) is 0 Å². The van der Waals surface area contributed by atoms with Gasteiger partial charge in [0.25, 0.3) is 0 Å². The number of carbonyl (C=O) groups excluding carboxylic acids is 1. The van der Waals surface area contributed by atoms with Crippen LogP contribution in [0.25, 0.3) is 0 Å². The van der Waals surface area contributed by atoms with E-state index in [1.165, 1.54) is 7.11 Å². The fourth-order valence-corrected chi connectivity index (χ4v) is 2.51. The van der Waals surface area contributed by atoms with Gasteiger partial charge in [0.2, 0.25) is 0 Å². The molecule has 5 nitrogen and oxygen atoms in total. The first-order valence-electron chi connectivity index (χ1n) is 5.85. The van der Waals surface area contributed by atoms with Crippen LogP contribution in [-0.2, 0) is 16.6 Å². The predicted molar refractivity (Wildman–Crippen MR) is 65.8 cm³/mol. The van der Waals surface area contributed by atoms with Gasteiger partial charge >= 0.3 is 5.97 Å². The van der Waals surface area contributed by atoms with E-state index in [-0.39, 0.29) is 18.1 Å². The molecule has 5 heteroatoms. The van der Waals surface area contributed by atoms with Crippen LogP contribution in [0.2, 0.25) is 0 Å². The van der Waals surface area contributed by atoms with Gasteiger partial charge < -0.3 is 19.9 Å². The molecular formula is C12H19N3O2. The lowest BCUT2D eigenvalue weighted by molar-refractivity contribution is -0.142. The van der Waals surface area contributed by atoms with E-state index in [9.17, 15) is 4.79 Å². The number of methoxy groups -OCH3 is 1. The van der Waals surface area contributed by atoms with Gasteiger partial charge in [-0.2, -0.15) is 0 Å². The van der Waals surface area contributed by atoms with Crippen LogP contribution >= 0.6 is 0 Å². The topological polar surface area (TPSA) is 60.5 Å². The van der Waals surface area contributed by atoms with Crippen molar-refractivity contribution in [2.45, 2.75) is 24.9 Å². The van der Waals surface area contributed by atoms with Crippen LogP contribution < -0.4 is 10.6 Å². The zero-order valence-electron chi connectivity index (χ0n) is 10.3. The molecule has 2 N–H and O–H groups in total. The molecule has 0 aliphatic carbocycles. The maximum absolute atomic E-state index is 11.8. The lowest BCUT2D eigenvalue weighted by Gasteiger charge is -2.29. The standard InChI is InChI=1S/C12H19N3O2/c1-14-6-5-10(8-14)15-9(7-13)3-4-11(15)12(16)17-2/h5-6,8-9,11H,3-4,7,13H2,1-2H3/t9-,11-/m0/s1. The second-order valence-electron chi connectivity index (χ2n) is 4.45. The summed E-state index contributed by atoms with van der Waals surface area (Å²) >= 11 is 0. The fraction of sp³-hybridized carbons (Fsp3) is 0.583. The van der Waals surface area contributed by atoms with Crippen molar-refractivity contribution in [2.75, 3.05) is 18.6 Å². The Balaban J connectivity index is 2.27. The van der Waals surface area contributed by atoms with Crippen molar-refractivity contribution in [1.29, 1.82) is 0 Å². The summed E-state index contributed by atoms with van der Waals surface area (Å²) in [4.78, 5) is 13.8. The fourth-order valence-electron chi connectivity index (χ4n) is 2.51. The SMILES string of the molecule is COC(=O)[C@@H]1CC[C@@H](CN)N1c1ccn(C)c1. The van der Waals surface area contributed by atoms with Gasteiger partial charge in [0.1, 0.15) is 6.04 Å². The predicted octanol–water partition coefficient (Wildman–Crippen LogP) is 0.494. The van der Waals surface area contributed by atoms with Crippen LogP contribution in [0.5, 0.6) is 0 Å². The van der Waals surface area contributed by atoms with E-state index in [4.69, 9.17) is 10.5 Å². The van der Waals surface area contributed by atoms with E-state index in [2.05, 4.69) is 4.90 Å². The van der Waals surface area contributed by atoms with Gasteiger partial charge in [-0.05, 0) is 18.9 Å². The molecule has 1 aliphatic heterocycles. The van der Waals surface area contributed by atoms with Crippen molar-refractivity contribution >= 4 is 11.7 Å². The molecular weight excluding hydrogens is 218 g/mol. The highest BCUT2D eigenvalue weighted by Crippen LogP contribution is 2.30. The molecule has 0 radical (unpaired) electrons. The number of rotatable bonds is 3. The molecule has 1 aromatic heterocycles. The summed E-state index contributed by atoms with van der Waals surface area (Å²) < 4.78 is 6.83. The third kappa shape index (κ3) is 2.15. The molecule has 2 atom stereocenters. The average molecular weight is 237 g/mol. The number of nitrogens with zero attached hydrogens (tertiary/aromatic N) is 2. The second-order valence-corrected chi connectivity index (χ2v) is 4.45. The van der Waals surface area contributed by atoms with Crippen molar-refractivity contribution in [3.8, 4) is 0 Å². The van der Waals surface area contributed by atoms with Crippen LogP contribution in [0.4, 0.5) is 5.69 Å². The third-order valence-corrected chi connectivity index (χ3v) is 3.36. The van der Waals surface area contributed by atoms with E-state index in [1.54, 1.807) is 0 Å². The zero-order chi connectivity index (χ0) is 12.4. The van der Waals surface area contributed by atoms with E-state index in [0.29, 0.717) is 6.54 Å². The van der Waals surface area contributed by atoms with Crippen molar-refractivity contribution in [3.05, 3.63) is 18.5 Å². The Hall–Kier alpha value is -1.49. The Bertz CT molecular complexity index is 402. The summed E-state index contributed by atoms with van der Waals surface area (Å²) in [7, 11) is 3.39. The quantitative estimate of drug-likeness (QED) is 0.777. The van der Waals surface area contributed by atoms with Crippen LogP contribution in [-0.4, -0.2) is 36.3 Å². The van der Waals surface area contributed by atoms with Crippen LogP contribution in [0.1, 0.15) is 12.8 Å². The number of hydrogen-bond donors (Lipinski definition) is 1. The monoisotopic (exact) mass is 237 g/mol. The minimum atomic E-state index is -0.198. The molecule has 1 fully saturated rings. The molecule has 0 unspecified atom stereocenters. The zero-order valence-corrected chi connectivity index (χ0v) is 10.3. The average Bonchev–Trinajstić information content (AvgIpc) is 2.93. The molecule has 1 saturated heterocycles. The highest BCUT2D eigenvalue weighted by molar-refractivity contribution is 5.81. The van der Waals surface area contributed by atoms with Gasteiger partial charge in [0, 0.05) is 32.0 Å². The maximum Gasteiger partial charge on any atom is 0.328 e. The van der Waals surface area contributed by atoms with Crippen LogP contribution in [0.15, 0.2) is 18.5 Å². The van der Waals surface area contributed by atoms with Gasteiger partial charge in [-0.1, -0.05) is 0 Å².